The summed E-state index contributed by atoms with van der Waals surface area (Å²) >= 11 is 0. The Bertz CT molecular complexity index is 636. The van der Waals surface area contributed by atoms with Gasteiger partial charge in [0.05, 0.1) is 11.7 Å². The van der Waals surface area contributed by atoms with Crippen molar-refractivity contribution in [3.8, 4) is 5.75 Å². The van der Waals surface area contributed by atoms with Gasteiger partial charge in [-0.2, -0.15) is 0 Å². The molecule has 0 saturated heterocycles. The lowest BCUT2D eigenvalue weighted by Gasteiger charge is -2.30. The van der Waals surface area contributed by atoms with Gasteiger partial charge in [-0.3, -0.25) is 0 Å². The summed E-state index contributed by atoms with van der Waals surface area (Å²) in [4.78, 5) is 11.0. The molecule has 2 N–H and O–H groups in total. The normalized spacial score (nSPS) is 20.9. The van der Waals surface area contributed by atoms with E-state index in [4.69, 9.17) is 9.84 Å². The molecule has 4 nitrogen and oxygen atoms in total. The van der Waals surface area contributed by atoms with Crippen LogP contribution in [-0.4, -0.2) is 16.2 Å². The zero-order chi connectivity index (χ0) is 14.1. The number of hydrogen-bond donors (Lipinski definition) is 2. The third-order valence-electron chi connectivity index (χ3n) is 3.49. The Balaban J connectivity index is 1.94. The van der Waals surface area contributed by atoms with Crippen LogP contribution in [0.2, 0.25) is 0 Å². The Morgan fingerprint density at radius 2 is 1.90 bits per heavy atom. The second-order valence-electron chi connectivity index (χ2n) is 4.83. The van der Waals surface area contributed by atoms with E-state index in [0.29, 0.717) is 17.7 Å². The lowest BCUT2D eigenvalue weighted by atomic mass is 9.94. The highest BCUT2D eigenvalue weighted by Crippen LogP contribution is 2.40. The predicted octanol–water partition coefficient (Wildman–Crippen LogP) is 2.94. The summed E-state index contributed by atoms with van der Waals surface area (Å²) < 4.78 is 5.87. The number of carboxylic acids is 1. The fourth-order valence-corrected chi connectivity index (χ4v) is 2.45. The van der Waals surface area contributed by atoms with E-state index in [-0.39, 0.29) is 11.7 Å². The number of rotatable bonds is 2. The summed E-state index contributed by atoms with van der Waals surface area (Å²) in [6.07, 6.45) is -0.516. The molecule has 2 aromatic carbocycles. The Morgan fingerprint density at radius 1 is 1.15 bits per heavy atom. The Hall–Kier alpha value is -2.33. The molecule has 4 heteroatoms. The van der Waals surface area contributed by atoms with Gasteiger partial charge in [0.25, 0.3) is 0 Å². The monoisotopic (exact) mass is 270 g/mol. The summed E-state index contributed by atoms with van der Waals surface area (Å²) in [5.41, 5.74) is 1.70. The summed E-state index contributed by atoms with van der Waals surface area (Å²) in [6.45, 7) is 0. The molecule has 1 aliphatic heterocycles. The zero-order valence-corrected chi connectivity index (χ0v) is 10.7. The molecule has 2 atom stereocenters. The topological polar surface area (TPSA) is 66.8 Å². The molecule has 2 aromatic rings. The van der Waals surface area contributed by atoms with Crippen molar-refractivity contribution in [1.29, 1.82) is 0 Å². The molecule has 0 spiro atoms. The minimum absolute atomic E-state index is 0.157. The van der Waals surface area contributed by atoms with Gasteiger partial charge in [0, 0.05) is 12.0 Å². The third kappa shape index (κ3) is 2.26. The van der Waals surface area contributed by atoms with E-state index in [1.54, 1.807) is 6.07 Å². The van der Waals surface area contributed by atoms with Crippen molar-refractivity contribution in [3.63, 3.8) is 0 Å². The Kier molecular flexibility index (Phi) is 3.16. The molecule has 3 rings (SSSR count). The van der Waals surface area contributed by atoms with E-state index in [1.807, 2.05) is 30.3 Å². The van der Waals surface area contributed by atoms with Crippen LogP contribution in [0.4, 0.5) is 0 Å². The molecule has 2 unspecified atom stereocenters. The predicted molar refractivity (Wildman–Crippen MR) is 72.8 cm³/mol. The minimum Gasteiger partial charge on any atom is -0.485 e. The molecule has 0 aliphatic carbocycles. The van der Waals surface area contributed by atoms with Crippen molar-refractivity contribution >= 4 is 5.97 Å². The summed E-state index contributed by atoms with van der Waals surface area (Å²) in [7, 11) is 0. The van der Waals surface area contributed by atoms with Crippen LogP contribution in [0.1, 0.15) is 40.1 Å². The van der Waals surface area contributed by atoms with Crippen molar-refractivity contribution in [2.75, 3.05) is 0 Å². The number of aliphatic hydroxyl groups excluding tert-OH is 1. The summed E-state index contributed by atoms with van der Waals surface area (Å²) in [5.74, 6) is -0.465. The number of fused-ring (bicyclic) bond motifs is 1. The lowest BCUT2D eigenvalue weighted by Crippen LogP contribution is -2.19. The van der Waals surface area contributed by atoms with Crippen LogP contribution < -0.4 is 4.74 Å². The molecule has 102 valence electrons. The van der Waals surface area contributed by atoms with Crippen molar-refractivity contribution in [2.24, 2.45) is 0 Å². The second-order valence-corrected chi connectivity index (χ2v) is 4.83. The van der Waals surface area contributed by atoms with Gasteiger partial charge in [0.15, 0.2) is 0 Å². The number of carboxylic acid groups (broad SMARTS) is 1. The lowest BCUT2D eigenvalue weighted by molar-refractivity contribution is 0.0647. The summed E-state index contributed by atoms with van der Waals surface area (Å²) in [6, 6.07) is 14.3. The van der Waals surface area contributed by atoms with Gasteiger partial charge in [-0.1, -0.05) is 30.3 Å². The average Bonchev–Trinajstić information content (AvgIpc) is 2.47. The van der Waals surface area contributed by atoms with Crippen LogP contribution in [0.3, 0.4) is 0 Å². The van der Waals surface area contributed by atoms with Gasteiger partial charge in [0.2, 0.25) is 0 Å². The molecule has 1 heterocycles. The highest BCUT2D eigenvalue weighted by Gasteiger charge is 2.28. The number of hydrogen-bond acceptors (Lipinski definition) is 3. The minimum atomic E-state index is -1.01. The Labute approximate surface area is 116 Å². The molecule has 20 heavy (non-hydrogen) atoms. The largest absolute Gasteiger partial charge is 0.485 e. The highest BCUT2D eigenvalue weighted by atomic mass is 16.5. The van der Waals surface area contributed by atoms with Gasteiger partial charge in [-0.05, 0) is 23.8 Å². The molecule has 0 fully saturated rings. The fraction of sp³-hybridized carbons (Fsp3) is 0.188. The highest BCUT2D eigenvalue weighted by molar-refractivity contribution is 5.88. The summed E-state index contributed by atoms with van der Waals surface area (Å²) in [5, 5.41) is 19.2. The van der Waals surface area contributed by atoms with Crippen LogP contribution in [0.25, 0.3) is 0 Å². The van der Waals surface area contributed by atoms with Gasteiger partial charge in [-0.25, -0.2) is 4.79 Å². The van der Waals surface area contributed by atoms with E-state index < -0.39 is 12.1 Å². The van der Waals surface area contributed by atoms with Crippen molar-refractivity contribution in [2.45, 2.75) is 18.6 Å². The standard InChI is InChI=1S/C16H14O4/c17-13-9-15(10-4-2-1-3-5-10)20-14-7-6-11(16(18)19)8-12(13)14/h1-8,13,15,17H,9H2,(H,18,19). The first-order chi connectivity index (χ1) is 9.65. The first kappa shape index (κ1) is 12.7. The van der Waals surface area contributed by atoms with Gasteiger partial charge in [-0.15, -0.1) is 0 Å². The van der Waals surface area contributed by atoms with E-state index in [2.05, 4.69) is 0 Å². The molecule has 0 radical (unpaired) electrons. The smallest absolute Gasteiger partial charge is 0.335 e. The number of aliphatic hydroxyl groups is 1. The number of carbonyl (C=O) groups is 1. The average molecular weight is 270 g/mol. The van der Waals surface area contributed by atoms with Crippen LogP contribution in [0.15, 0.2) is 48.5 Å². The van der Waals surface area contributed by atoms with E-state index >= 15 is 0 Å². The van der Waals surface area contributed by atoms with E-state index in [1.165, 1.54) is 12.1 Å². The third-order valence-corrected chi connectivity index (χ3v) is 3.49. The van der Waals surface area contributed by atoms with Crippen LogP contribution in [0, 0.1) is 0 Å². The van der Waals surface area contributed by atoms with E-state index in [9.17, 15) is 9.90 Å². The molecule has 0 saturated carbocycles. The van der Waals surface area contributed by atoms with Gasteiger partial charge >= 0.3 is 5.97 Å². The maximum atomic E-state index is 11.0. The van der Waals surface area contributed by atoms with Crippen molar-refractivity contribution < 1.29 is 19.7 Å². The second kappa shape index (κ2) is 4.98. The SMILES string of the molecule is O=C(O)c1ccc2c(c1)C(O)CC(c1ccccc1)O2. The first-order valence-corrected chi connectivity index (χ1v) is 6.42. The Morgan fingerprint density at radius 3 is 2.60 bits per heavy atom. The van der Waals surface area contributed by atoms with Crippen LogP contribution in [0.5, 0.6) is 5.75 Å². The maximum Gasteiger partial charge on any atom is 0.335 e. The fourth-order valence-electron chi connectivity index (χ4n) is 2.45. The molecular formula is C16H14O4. The quantitative estimate of drug-likeness (QED) is 0.880. The van der Waals surface area contributed by atoms with Crippen LogP contribution >= 0.6 is 0 Å². The molecule has 0 aromatic heterocycles. The molecule has 0 bridgehead atoms. The number of aromatic carboxylic acids is 1. The van der Waals surface area contributed by atoms with Crippen molar-refractivity contribution in [1.82, 2.24) is 0 Å². The van der Waals surface area contributed by atoms with Gasteiger partial charge in [0.1, 0.15) is 11.9 Å². The maximum absolute atomic E-state index is 11.0. The zero-order valence-electron chi connectivity index (χ0n) is 10.7. The van der Waals surface area contributed by atoms with Gasteiger partial charge < -0.3 is 14.9 Å². The van der Waals surface area contributed by atoms with Crippen molar-refractivity contribution in [3.05, 3.63) is 65.2 Å². The molecule has 0 amide bonds. The van der Waals surface area contributed by atoms with E-state index in [0.717, 1.165) is 5.56 Å². The molecule has 1 aliphatic rings. The molecular weight excluding hydrogens is 256 g/mol. The number of benzene rings is 2. The number of ether oxygens (including phenoxy) is 1. The van der Waals surface area contributed by atoms with Crippen LogP contribution in [-0.2, 0) is 0 Å². The first-order valence-electron chi connectivity index (χ1n) is 6.42.